The van der Waals surface area contributed by atoms with Gasteiger partial charge in [-0.1, -0.05) is 30.3 Å². The van der Waals surface area contributed by atoms with Gasteiger partial charge < -0.3 is 24.2 Å². The summed E-state index contributed by atoms with van der Waals surface area (Å²) < 4.78 is 26.9. The number of rotatable bonds is 8. The first-order valence-electron chi connectivity index (χ1n) is 13.3. The van der Waals surface area contributed by atoms with Crippen molar-refractivity contribution in [3.63, 3.8) is 0 Å². The van der Waals surface area contributed by atoms with E-state index in [9.17, 15) is 9.59 Å². The molecule has 2 aromatic heterocycles. The van der Waals surface area contributed by atoms with Crippen LogP contribution >= 0.6 is 0 Å². The first-order valence-corrected chi connectivity index (χ1v) is 13.3. The maximum absolute atomic E-state index is 15.3. The van der Waals surface area contributed by atoms with Crippen molar-refractivity contribution in [3.8, 4) is 5.75 Å². The molecule has 0 bridgehead atoms. The van der Waals surface area contributed by atoms with Gasteiger partial charge >= 0.3 is 6.09 Å². The number of amides is 2. The second-order valence-electron chi connectivity index (χ2n) is 10.8. The number of pyridine rings is 2. The summed E-state index contributed by atoms with van der Waals surface area (Å²) in [4.78, 5) is 39.2. The van der Waals surface area contributed by atoms with E-state index in [1.807, 2.05) is 63.1 Å². The fraction of sp³-hybridized carbons (Fsp3) is 0.400. The van der Waals surface area contributed by atoms with E-state index in [0.29, 0.717) is 37.4 Å². The Bertz CT molecular complexity index is 1330. The van der Waals surface area contributed by atoms with Gasteiger partial charge in [-0.15, -0.1) is 0 Å². The van der Waals surface area contributed by atoms with Crippen LogP contribution in [-0.2, 0) is 11.3 Å². The van der Waals surface area contributed by atoms with Gasteiger partial charge in [0, 0.05) is 52.4 Å². The number of nitrogens with zero attached hydrogens (tertiary/aromatic N) is 5. The van der Waals surface area contributed by atoms with E-state index in [2.05, 4.69) is 9.97 Å². The molecule has 0 unspecified atom stereocenters. The summed E-state index contributed by atoms with van der Waals surface area (Å²) >= 11 is 0. The fourth-order valence-electron chi connectivity index (χ4n) is 4.35. The number of benzene rings is 1. The second-order valence-corrected chi connectivity index (χ2v) is 10.8. The van der Waals surface area contributed by atoms with Crippen LogP contribution < -0.4 is 9.64 Å². The zero-order chi connectivity index (χ0) is 28.9. The van der Waals surface area contributed by atoms with Gasteiger partial charge in [-0.3, -0.25) is 9.78 Å². The van der Waals surface area contributed by atoms with E-state index < -0.39 is 23.6 Å². The molecule has 0 radical (unpaired) electrons. The highest BCUT2D eigenvalue weighted by Gasteiger charge is 2.27. The lowest BCUT2D eigenvalue weighted by atomic mass is 10.1. The van der Waals surface area contributed by atoms with Crippen LogP contribution in [0.4, 0.5) is 15.0 Å². The maximum Gasteiger partial charge on any atom is 0.410 e. The molecule has 0 fully saturated rings. The number of halogens is 1. The Morgan fingerprint density at radius 2 is 1.88 bits per heavy atom. The SMILES string of the molecule is CN(CC[C@H](Oc1cnc(CN2CCN(C)c3ncccc3C2=O)c(F)c1)c1ccccc1)C(=O)OC(C)(C)C. The summed E-state index contributed by atoms with van der Waals surface area (Å²) in [6.07, 6.45) is 2.69. The van der Waals surface area contributed by atoms with Crippen LogP contribution in [0.3, 0.4) is 0 Å². The summed E-state index contributed by atoms with van der Waals surface area (Å²) in [5.41, 5.74) is 0.914. The number of anilines is 1. The molecule has 0 saturated carbocycles. The van der Waals surface area contributed by atoms with E-state index in [0.717, 1.165) is 5.56 Å². The van der Waals surface area contributed by atoms with E-state index in [1.54, 1.807) is 30.3 Å². The number of fused-ring (bicyclic) bond motifs is 1. The summed E-state index contributed by atoms with van der Waals surface area (Å²) in [5.74, 6) is 0.0853. The Kier molecular flexibility index (Phi) is 8.86. The zero-order valence-corrected chi connectivity index (χ0v) is 23.6. The Labute approximate surface area is 234 Å². The van der Waals surface area contributed by atoms with Gasteiger partial charge in [0.15, 0.2) is 0 Å². The quantitative estimate of drug-likeness (QED) is 0.387. The molecule has 2 amide bonds. The lowest BCUT2D eigenvalue weighted by Gasteiger charge is -2.26. The average Bonchev–Trinajstić information content (AvgIpc) is 3.04. The molecule has 3 aromatic rings. The predicted molar refractivity (Wildman–Crippen MR) is 150 cm³/mol. The number of carbonyl (C=O) groups excluding carboxylic acids is 2. The van der Waals surface area contributed by atoms with Crippen molar-refractivity contribution < 1.29 is 23.5 Å². The highest BCUT2D eigenvalue weighted by atomic mass is 19.1. The van der Waals surface area contributed by atoms with Gasteiger partial charge in [0.2, 0.25) is 0 Å². The third kappa shape index (κ3) is 7.25. The van der Waals surface area contributed by atoms with Crippen molar-refractivity contribution in [2.75, 3.05) is 38.6 Å². The number of hydrogen-bond acceptors (Lipinski definition) is 7. The number of ether oxygens (including phenoxy) is 2. The monoisotopic (exact) mass is 549 g/mol. The fourth-order valence-corrected chi connectivity index (χ4v) is 4.35. The molecule has 3 heterocycles. The Morgan fingerprint density at radius 1 is 1.12 bits per heavy atom. The molecule has 0 aliphatic carbocycles. The molecule has 0 spiro atoms. The van der Waals surface area contributed by atoms with E-state index in [4.69, 9.17) is 9.47 Å². The second kappa shape index (κ2) is 12.3. The minimum Gasteiger partial charge on any atom is -0.484 e. The Balaban J connectivity index is 1.46. The van der Waals surface area contributed by atoms with Crippen LogP contribution in [0.25, 0.3) is 0 Å². The molecule has 1 atom stereocenters. The van der Waals surface area contributed by atoms with Gasteiger partial charge in [0.05, 0.1) is 24.0 Å². The van der Waals surface area contributed by atoms with E-state index in [1.165, 1.54) is 17.2 Å². The predicted octanol–water partition coefficient (Wildman–Crippen LogP) is 5.09. The smallest absolute Gasteiger partial charge is 0.410 e. The highest BCUT2D eigenvalue weighted by molar-refractivity contribution is 5.99. The van der Waals surface area contributed by atoms with Crippen LogP contribution in [0, 0.1) is 5.82 Å². The Hall–Kier alpha value is -4.21. The van der Waals surface area contributed by atoms with Crippen LogP contribution in [0.2, 0.25) is 0 Å². The largest absolute Gasteiger partial charge is 0.484 e. The zero-order valence-electron chi connectivity index (χ0n) is 23.6. The molecule has 1 aliphatic rings. The first-order chi connectivity index (χ1) is 19.0. The van der Waals surface area contributed by atoms with Crippen molar-refractivity contribution in [1.82, 2.24) is 19.8 Å². The van der Waals surface area contributed by atoms with Gasteiger partial charge in [-0.2, -0.15) is 0 Å². The average molecular weight is 550 g/mol. The van der Waals surface area contributed by atoms with Gasteiger partial charge in [0.1, 0.15) is 29.1 Å². The normalized spacial score (nSPS) is 14.3. The number of aromatic nitrogens is 2. The van der Waals surface area contributed by atoms with Crippen molar-refractivity contribution in [2.24, 2.45) is 0 Å². The minimum absolute atomic E-state index is 0.0237. The highest BCUT2D eigenvalue weighted by Crippen LogP contribution is 2.27. The van der Waals surface area contributed by atoms with Gasteiger partial charge in [-0.25, -0.2) is 14.2 Å². The number of carbonyl (C=O) groups is 2. The summed E-state index contributed by atoms with van der Waals surface area (Å²) in [5, 5.41) is 0. The molecule has 0 saturated heterocycles. The maximum atomic E-state index is 15.3. The summed E-state index contributed by atoms with van der Waals surface area (Å²) in [7, 11) is 3.55. The van der Waals surface area contributed by atoms with E-state index >= 15 is 4.39 Å². The topological polar surface area (TPSA) is 88.1 Å². The molecule has 1 aliphatic heterocycles. The lowest BCUT2D eigenvalue weighted by Crippen LogP contribution is -2.35. The molecule has 4 rings (SSSR count). The molecule has 0 N–H and O–H groups in total. The molecular weight excluding hydrogens is 513 g/mol. The van der Waals surface area contributed by atoms with Crippen LogP contribution in [0.5, 0.6) is 5.75 Å². The summed E-state index contributed by atoms with van der Waals surface area (Å²) in [6.45, 7) is 6.81. The third-order valence-corrected chi connectivity index (χ3v) is 6.49. The number of likely N-dealkylation sites (N-methyl/N-ethyl adjacent to an activating group) is 1. The van der Waals surface area contributed by atoms with Crippen LogP contribution in [0.1, 0.15) is 54.9 Å². The Morgan fingerprint density at radius 3 is 2.58 bits per heavy atom. The van der Waals surface area contributed by atoms with Crippen molar-refractivity contribution in [2.45, 2.75) is 45.4 Å². The first kappa shape index (κ1) is 28.8. The van der Waals surface area contributed by atoms with Crippen molar-refractivity contribution >= 4 is 17.8 Å². The molecule has 40 heavy (non-hydrogen) atoms. The lowest BCUT2D eigenvalue weighted by molar-refractivity contribution is 0.0278. The summed E-state index contributed by atoms with van der Waals surface area (Å²) in [6, 6.07) is 14.3. The minimum atomic E-state index is -0.597. The van der Waals surface area contributed by atoms with E-state index in [-0.39, 0.29) is 23.9 Å². The molecule has 10 heteroatoms. The molecular formula is C30H36FN5O4. The van der Waals surface area contributed by atoms with Crippen LogP contribution in [-0.4, -0.2) is 71.1 Å². The van der Waals surface area contributed by atoms with Gasteiger partial charge in [0.25, 0.3) is 5.91 Å². The molecule has 9 nitrogen and oxygen atoms in total. The van der Waals surface area contributed by atoms with Gasteiger partial charge in [-0.05, 0) is 38.5 Å². The number of hydrogen-bond donors (Lipinski definition) is 0. The molecule has 212 valence electrons. The van der Waals surface area contributed by atoms with Crippen molar-refractivity contribution in [3.05, 3.63) is 83.6 Å². The molecule has 1 aromatic carbocycles. The standard InChI is InChI=1S/C30H36FN5O4/c1-30(2,3)40-29(38)35(5)15-13-26(21-10-7-6-8-11-21)39-22-18-24(31)25(33-19-22)20-36-17-16-34(4)27-23(28(36)37)12-9-14-32-27/h6-12,14,18-19,26H,13,15-17,20H2,1-5H3/t26-/m0/s1. The van der Waals surface area contributed by atoms with Crippen molar-refractivity contribution in [1.29, 1.82) is 0 Å². The van der Waals surface area contributed by atoms with Crippen LogP contribution in [0.15, 0.2) is 60.9 Å². The third-order valence-electron chi connectivity index (χ3n) is 6.49.